The molecule has 0 aromatic rings. The molecule has 4 heteroatoms. The summed E-state index contributed by atoms with van der Waals surface area (Å²) in [4.78, 5) is 0. The zero-order chi connectivity index (χ0) is 9.19. The molecule has 0 amide bonds. The van der Waals surface area contributed by atoms with Gasteiger partial charge in [-0.25, -0.2) is 13.1 Å². The lowest BCUT2D eigenvalue weighted by atomic mass is 10.1. The van der Waals surface area contributed by atoms with Crippen molar-refractivity contribution in [2.75, 3.05) is 12.3 Å². The first-order valence-corrected chi connectivity index (χ1v) is 6.17. The molecular formula is C8H17NO2S. The monoisotopic (exact) mass is 191 g/mol. The smallest absolute Gasteiger partial charge is 0.211 e. The zero-order valence-corrected chi connectivity index (χ0v) is 8.52. The minimum Gasteiger partial charge on any atom is -0.216 e. The van der Waals surface area contributed by atoms with Gasteiger partial charge in [0.05, 0.1) is 5.75 Å². The van der Waals surface area contributed by atoms with Crippen molar-refractivity contribution in [1.82, 2.24) is 4.72 Å². The summed E-state index contributed by atoms with van der Waals surface area (Å²) in [5.74, 6) is 1.29. The Morgan fingerprint density at radius 2 is 2.08 bits per heavy atom. The minimum absolute atomic E-state index is 0.297. The highest BCUT2D eigenvalue weighted by Crippen LogP contribution is 2.36. The van der Waals surface area contributed by atoms with E-state index in [0.717, 1.165) is 0 Å². The van der Waals surface area contributed by atoms with E-state index in [4.69, 9.17) is 0 Å². The third kappa shape index (κ3) is 3.11. The van der Waals surface area contributed by atoms with Gasteiger partial charge < -0.3 is 0 Å². The van der Waals surface area contributed by atoms with E-state index in [9.17, 15) is 8.42 Å². The lowest BCUT2D eigenvalue weighted by Gasteiger charge is -2.10. The van der Waals surface area contributed by atoms with Crippen LogP contribution in [-0.2, 0) is 10.0 Å². The van der Waals surface area contributed by atoms with E-state index < -0.39 is 10.0 Å². The van der Waals surface area contributed by atoms with E-state index in [-0.39, 0.29) is 0 Å². The van der Waals surface area contributed by atoms with Gasteiger partial charge in [-0.1, -0.05) is 13.8 Å². The van der Waals surface area contributed by atoms with Gasteiger partial charge in [0.2, 0.25) is 10.0 Å². The van der Waals surface area contributed by atoms with Crippen LogP contribution in [-0.4, -0.2) is 20.7 Å². The van der Waals surface area contributed by atoms with Gasteiger partial charge in [0.1, 0.15) is 0 Å². The van der Waals surface area contributed by atoms with Crippen molar-refractivity contribution < 1.29 is 8.42 Å². The summed E-state index contributed by atoms with van der Waals surface area (Å²) in [6.07, 6.45) is 2.42. The molecule has 0 aromatic heterocycles. The highest BCUT2D eigenvalue weighted by molar-refractivity contribution is 7.89. The standard InChI is InChI=1S/C8H17NO2S/c1-3-9-12(10,11)6-7(2)8-4-5-8/h7-9H,3-6H2,1-2H3. The number of hydrogen-bond donors (Lipinski definition) is 1. The summed E-state index contributed by atoms with van der Waals surface area (Å²) in [6.45, 7) is 4.33. The first-order chi connectivity index (χ1) is 5.55. The summed E-state index contributed by atoms with van der Waals surface area (Å²) in [7, 11) is -2.99. The molecule has 0 spiro atoms. The summed E-state index contributed by atoms with van der Waals surface area (Å²) < 4.78 is 25.0. The van der Waals surface area contributed by atoms with Gasteiger partial charge in [-0.15, -0.1) is 0 Å². The lowest BCUT2D eigenvalue weighted by Crippen LogP contribution is -2.29. The van der Waals surface area contributed by atoms with Crippen molar-refractivity contribution in [3.8, 4) is 0 Å². The van der Waals surface area contributed by atoms with E-state index in [1.165, 1.54) is 12.8 Å². The van der Waals surface area contributed by atoms with Gasteiger partial charge in [0.15, 0.2) is 0 Å². The molecule has 1 N–H and O–H groups in total. The summed E-state index contributed by atoms with van der Waals surface area (Å²) in [5.41, 5.74) is 0. The molecule has 0 aromatic carbocycles. The van der Waals surface area contributed by atoms with E-state index >= 15 is 0 Å². The molecule has 72 valence electrons. The SMILES string of the molecule is CCNS(=O)(=O)CC(C)C1CC1. The number of hydrogen-bond acceptors (Lipinski definition) is 2. The average Bonchev–Trinajstić information content (AvgIpc) is 2.65. The molecule has 0 heterocycles. The minimum atomic E-state index is -2.99. The first kappa shape index (κ1) is 9.99. The van der Waals surface area contributed by atoms with Crippen LogP contribution in [0.25, 0.3) is 0 Å². The van der Waals surface area contributed by atoms with Crippen molar-refractivity contribution >= 4 is 10.0 Å². The highest BCUT2D eigenvalue weighted by atomic mass is 32.2. The predicted molar refractivity (Wildman–Crippen MR) is 49.4 cm³/mol. The van der Waals surface area contributed by atoms with E-state index in [2.05, 4.69) is 4.72 Å². The molecule has 1 rings (SSSR count). The maximum absolute atomic E-state index is 11.3. The number of sulfonamides is 1. The Bertz CT molecular complexity index is 231. The molecule has 1 saturated carbocycles. The second kappa shape index (κ2) is 3.75. The number of rotatable bonds is 5. The van der Waals surface area contributed by atoms with Crippen LogP contribution in [0.15, 0.2) is 0 Å². The maximum Gasteiger partial charge on any atom is 0.211 e. The molecule has 1 aliphatic carbocycles. The second-order valence-corrected chi connectivity index (χ2v) is 5.45. The first-order valence-electron chi connectivity index (χ1n) is 4.52. The van der Waals surface area contributed by atoms with Crippen molar-refractivity contribution in [1.29, 1.82) is 0 Å². The van der Waals surface area contributed by atoms with Gasteiger partial charge in [-0.05, 0) is 24.7 Å². The molecule has 1 unspecified atom stereocenters. The Morgan fingerprint density at radius 3 is 2.50 bits per heavy atom. The van der Waals surface area contributed by atoms with Crippen LogP contribution in [0, 0.1) is 11.8 Å². The quantitative estimate of drug-likeness (QED) is 0.704. The van der Waals surface area contributed by atoms with Gasteiger partial charge in [-0.3, -0.25) is 0 Å². The molecular weight excluding hydrogens is 174 g/mol. The van der Waals surface area contributed by atoms with Crippen LogP contribution < -0.4 is 4.72 Å². The predicted octanol–water partition coefficient (Wildman–Crippen LogP) is 0.972. The van der Waals surface area contributed by atoms with E-state index in [1.807, 2.05) is 6.92 Å². The Hall–Kier alpha value is -0.0900. The van der Waals surface area contributed by atoms with Crippen LogP contribution in [0.1, 0.15) is 26.7 Å². The molecule has 0 aliphatic heterocycles. The molecule has 0 bridgehead atoms. The largest absolute Gasteiger partial charge is 0.216 e. The Labute approximate surface area is 74.6 Å². The fourth-order valence-electron chi connectivity index (χ4n) is 1.43. The van der Waals surface area contributed by atoms with Gasteiger partial charge in [0.25, 0.3) is 0 Å². The Balaban J connectivity index is 2.37. The molecule has 12 heavy (non-hydrogen) atoms. The summed E-state index contributed by atoms with van der Waals surface area (Å²) in [5, 5.41) is 0. The van der Waals surface area contributed by atoms with Crippen molar-refractivity contribution in [3.63, 3.8) is 0 Å². The fourth-order valence-corrected chi connectivity index (χ4v) is 2.95. The third-order valence-electron chi connectivity index (χ3n) is 2.27. The molecule has 1 fully saturated rings. The zero-order valence-electron chi connectivity index (χ0n) is 7.71. The van der Waals surface area contributed by atoms with Gasteiger partial charge >= 0.3 is 0 Å². The third-order valence-corrected chi connectivity index (χ3v) is 3.97. The average molecular weight is 191 g/mol. The van der Waals surface area contributed by atoms with Crippen molar-refractivity contribution in [2.24, 2.45) is 11.8 Å². The normalized spacial score (nSPS) is 20.8. The van der Waals surface area contributed by atoms with Crippen LogP contribution in [0.4, 0.5) is 0 Å². The Kier molecular flexibility index (Phi) is 3.12. The van der Waals surface area contributed by atoms with Crippen LogP contribution in [0.5, 0.6) is 0 Å². The second-order valence-electron chi connectivity index (χ2n) is 3.59. The molecule has 0 saturated heterocycles. The molecule has 3 nitrogen and oxygen atoms in total. The molecule has 1 aliphatic rings. The maximum atomic E-state index is 11.3. The Morgan fingerprint density at radius 1 is 1.50 bits per heavy atom. The highest BCUT2D eigenvalue weighted by Gasteiger charge is 2.30. The topological polar surface area (TPSA) is 46.2 Å². The van der Waals surface area contributed by atoms with Gasteiger partial charge in [-0.2, -0.15) is 0 Å². The molecule has 1 atom stereocenters. The molecule has 0 radical (unpaired) electrons. The van der Waals surface area contributed by atoms with E-state index in [1.54, 1.807) is 6.92 Å². The lowest BCUT2D eigenvalue weighted by molar-refractivity contribution is 0.529. The number of nitrogens with one attached hydrogen (secondary N) is 1. The van der Waals surface area contributed by atoms with Crippen LogP contribution in [0.2, 0.25) is 0 Å². The summed E-state index contributed by atoms with van der Waals surface area (Å²) >= 11 is 0. The van der Waals surface area contributed by atoms with Crippen LogP contribution >= 0.6 is 0 Å². The van der Waals surface area contributed by atoms with E-state index in [0.29, 0.717) is 24.1 Å². The van der Waals surface area contributed by atoms with Crippen LogP contribution in [0.3, 0.4) is 0 Å². The fraction of sp³-hybridized carbons (Fsp3) is 1.00. The summed E-state index contributed by atoms with van der Waals surface area (Å²) in [6, 6.07) is 0. The van der Waals surface area contributed by atoms with Gasteiger partial charge in [0, 0.05) is 6.54 Å². The van der Waals surface area contributed by atoms with Crippen molar-refractivity contribution in [2.45, 2.75) is 26.7 Å². The van der Waals surface area contributed by atoms with Crippen molar-refractivity contribution in [3.05, 3.63) is 0 Å².